The minimum atomic E-state index is -0.737. The lowest BCUT2D eigenvalue weighted by Crippen LogP contribution is -2.36. The number of nitrogens with zero attached hydrogens (tertiary/aromatic N) is 2. The molecule has 182 valence electrons. The Hall–Kier alpha value is -2.97. The predicted molar refractivity (Wildman–Crippen MR) is 144 cm³/mol. The van der Waals surface area contributed by atoms with Gasteiger partial charge in [0, 0.05) is 29.1 Å². The van der Waals surface area contributed by atoms with E-state index < -0.39 is 6.10 Å². The van der Waals surface area contributed by atoms with Crippen LogP contribution in [-0.2, 0) is 6.54 Å². The Kier molecular flexibility index (Phi) is 8.03. The average molecular weight is 510 g/mol. The van der Waals surface area contributed by atoms with Crippen molar-refractivity contribution in [2.45, 2.75) is 26.5 Å². The van der Waals surface area contributed by atoms with E-state index in [1.807, 2.05) is 10.3 Å². The summed E-state index contributed by atoms with van der Waals surface area (Å²) in [6.07, 6.45) is 1.02. The Labute approximate surface area is 213 Å². The fourth-order valence-electron chi connectivity index (χ4n) is 4.05. The highest BCUT2D eigenvalue weighted by Crippen LogP contribution is 2.33. The van der Waals surface area contributed by atoms with Crippen molar-refractivity contribution in [3.05, 3.63) is 92.8 Å². The van der Waals surface area contributed by atoms with E-state index in [1.54, 1.807) is 30.3 Å². The summed E-state index contributed by atoms with van der Waals surface area (Å²) in [5.74, 6) is 1.18. The van der Waals surface area contributed by atoms with E-state index in [0.717, 1.165) is 16.7 Å². The molecule has 2 heterocycles. The lowest BCUT2D eigenvalue weighted by Gasteiger charge is -2.23. The number of aromatic nitrogens is 2. The number of aromatic amines is 1. The van der Waals surface area contributed by atoms with Crippen LogP contribution in [0.1, 0.15) is 17.0 Å². The summed E-state index contributed by atoms with van der Waals surface area (Å²) in [5, 5.41) is 13.8. The molecular weight excluding hydrogens is 482 g/mol. The number of hydrogen-bond acceptors (Lipinski definition) is 6. The maximum Gasteiger partial charge on any atom is 0.260 e. The number of nitrogens with one attached hydrogen (secondary N) is 1. The van der Waals surface area contributed by atoms with Crippen LogP contribution in [0.3, 0.4) is 0 Å². The standard InChI is InChI=1S/C27H28ClN3O3S/c1-4-11-31(13-20(32)15-34-21-8-6-19(28)7-9-21)14-24-29-26(33)25-23(16-35-27(25)30-24)22-10-5-17(2)12-18(22)3/h4-10,12,16,20,32H,1,11,13-15H2,2-3H3,(H,29,30,33). The van der Waals surface area contributed by atoms with Gasteiger partial charge >= 0.3 is 0 Å². The molecule has 0 aliphatic carbocycles. The zero-order valence-corrected chi connectivity index (χ0v) is 21.3. The maximum atomic E-state index is 13.1. The van der Waals surface area contributed by atoms with Gasteiger partial charge in [-0.2, -0.15) is 0 Å². The third-order valence-electron chi connectivity index (χ3n) is 5.65. The molecule has 0 spiro atoms. The highest BCUT2D eigenvalue weighted by Gasteiger charge is 2.17. The number of ether oxygens (including phenoxy) is 1. The molecule has 0 saturated heterocycles. The van der Waals surface area contributed by atoms with Gasteiger partial charge in [-0.15, -0.1) is 17.9 Å². The molecule has 0 fully saturated rings. The average Bonchev–Trinajstić information content (AvgIpc) is 3.23. The van der Waals surface area contributed by atoms with E-state index in [1.165, 1.54) is 16.9 Å². The van der Waals surface area contributed by atoms with Crippen molar-refractivity contribution in [1.29, 1.82) is 0 Å². The van der Waals surface area contributed by atoms with Gasteiger partial charge in [-0.1, -0.05) is 41.4 Å². The number of halogens is 1. The van der Waals surface area contributed by atoms with E-state index in [9.17, 15) is 9.90 Å². The minimum Gasteiger partial charge on any atom is -0.491 e. The summed E-state index contributed by atoms with van der Waals surface area (Å²) >= 11 is 7.36. The molecule has 0 aliphatic heterocycles. The monoisotopic (exact) mass is 509 g/mol. The zero-order chi connectivity index (χ0) is 24.9. The molecule has 6 nitrogen and oxygen atoms in total. The van der Waals surface area contributed by atoms with Crippen LogP contribution >= 0.6 is 22.9 Å². The molecule has 1 unspecified atom stereocenters. The fraction of sp³-hybridized carbons (Fsp3) is 0.259. The topological polar surface area (TPSA) is 78.5 Å². The van der Waals surface area contributed by atoms with E-state index >= 15 is 0 Å². The molecule has 0 aliphatic rings. The van der Waals surface area contributed by atoms with Crippen molar-refractivity contribution in [1.82, 2.24) is 14.9 Å². The molecule has 0 radical (unpaired) electrons. The number of thiophene rings is 1. The third kappa shape index (κ3) is 6.18. The van der Waals surface area contributed by atoms with Crippen molar-refractivity contribution in [3.63, 3.8) is 0 Å². The number of benzene rings is 2. The van der Waals surface area contributed by atoms with Gasteiger partial charge in [-0.25, -0.2) is 4.98 Å². The number of aliphatic hydroxyl groups is 1. The summed E-state index contributed by atoms with van der Waals surface area (Å²) in [4.78, 5) is 23.4. The number of rotatable bonds is 10. The van der Waals surface area contributed by atoms with Gasteiger partial charge in [-0.3, -0.25) is 9.69 Å². The van der Waals surface area contributed by atoms with E-state index in [-0.39, 0.29) is 12.2 Å². The smallest absolute Gasteiger partial charge is 0.260 e. The number of hydrogen-bond donors (Lipinski definition) is 2. The van der Waals surface area contributed by atoms with Crippen molar-refractivity contribution in [3.8, 4) is 16.9 Å². The SMILES string of the molecule is C=CCN(Cc1nc2scc(-c3ccc(C)cc3C)c2c(=O)[nH]1)CC(O)COc1ccc(Cl)cc1. The van der Waals surface area contributed by atoms with Gasteiger partial charge in [0.1, 0.15) is 29.1 Å². The van der Waals surface area contributed by atoms with Crippen molar-refractivity contribution < 1.29 is 9.84 Å². The molecule has 4 rings (SSSR count). The number of fused-ring (bicyclic) bond motifs is 1. The first-order valence-electron chi connectivity index (χ1n) is 11.3. The van der Waals surface area contributed by atoms with Crippen LogP contribution in [0.4, 0.5) is 0 Å². The lowest BCUT2D eigenvalue weighted by atomic mass is 9.99. The Morgan fingerprint density at radius 2 is 2.00 bits per heavy atom. The molecule has 2 N–H and O–H groups in total. The Morgan fingerprint density at radius 1 is 1.23 bits per heavy atom. The third-order valence-corrected chi connectivity index (χ3v) is 6.77. The van der Waals surface area contributed by atoms with Gasteiger partial charge in [0.2, 0.25) is 0 Å². The first-order valence-corrected chi connectivity index (χ1v) is 12.6. The molecule has 35 heavy (non-hydrogen) atoms. The molecule has 8 heteroatoms. The quantitative estimate of drug-likeness (QED) is 0.282. The van der Waals surface area contributed by atoms with Gasteiger partial charge in [-0.05, 0) is 49.2 Å². The minimum absolute atomic E-state index is 0.127. The van der Waals surface area contributed by atoms with E-state index in [4.69, 9.17) is 21.3 Å². The maximum absolute atomic E-state index is 13.1. The van der Waals surface area contributed by atoms with Crippen LogP contribution in [0.25, 0.3) is 21.3 Å². The van der Waals surface area contributed by atoms with Crippen molar-refractivity contribution >= 4 is 33.2 Å². The Balaban J connectivity index is 1.49. The summed E-state index contributed by atoms with van der Waals surface area (Å²) in [5.41, 5.74) is 4.09. The van der Waals surface area contributed by atoms with E-state index in [0.29, 0.717) is 46.4 Å². The summed E-state index contributed by atoms with van der Waals surface area (Å²) in [7, 11) is 0. The number of H-pyrrole nitrogens is 1. The van der Waals surface area contributed by atoms with Crippen molar-refractivity contribution in [2.24, 2.45) is 0 Å². The second-order valence-corrected chi connectivity index (χ2v) is 9.86. The molecule has 0 saturated carbocycles. The van der Waals surface area contributed by atoms with Crippen LogP contribution in [0.5, 0.6) is 5.75 Å². The summed E-state index contributed by atoms with van der Waals surface area (Å²) in [6, 6.07) is 13.2. The molecule has 2 aromatic carbocycles. The van der Waals surface area contributed by atoms with Gasteiger partial charge in [0.25, 0.3) is 5.56 Å². The molecule has 0 bridgehead atoms. The molecule has 0 amide bonds. The first-order chi connectivity index (χ1) is 16.8. The van der Waals surface area contributed by atoms with Gasteiger partial charge in [0.05, 0.1) is 11.9 Å². The Morgan fingerprint density at radius 3 is 2.71 bits per heavy atom. The zero-order valence-electron chi connectivity index (χ0n) is 19.8. The molecule has 1 atom stereocenters. The highest BCUT2D eigenvalue weighted by molar-refractivity contribution is 7.17. The largest absolute Gasteiger partial charge is 0.491 e. The van der Waals surface area contributed by atoms with Gasteiger partial charge in [0.15, 0.2) is 0 Å². The normalized spacial score (nSPS) is 12.3. The van der Waals surface area contributed by atoms with Crippen molar-refractivity contribution in [2.75, 3.05) is 19.7 Å². The van der Waals surface area contributed by atoms with Crippen LogP contribution < -0.4 is 10.3 Å². The lowest BCUT2D eigenvalue weighted by molar-refractivity contribution is 0.0689. The van der Waals surface area contributed by atoms with Crippen LogP contribution in [0.2, 0.25) is 5.02 Å². The predicted octanol–water partition coefficient (Wildman–Crippen LogP) is 5.35. The second-order valence-electron chi connectivity index (χ2n) is 8.56. The molecule has 2 aromatic heterocycles. The second kappa shape index (κ2) is 11.2. The number of aryl methyl sites for hydroxylation is 2. The Bertz CT molecular complexity index is 1380. The fourth-order valence-corrected chi connectivity index (χ4v) is 5.14. The van der Waals surface area contributed by atoms with E-state index in [2.05, 4.69) is 43.6 Å². The first kappa shape index (κ1) is 25.1. The van der Waals surface area contributed by atoms with Gasteiger partial charge < -0.3 is 14.8 Å². The summed E-state index contributed by atoms with van der Waals surface area (Å²) < 4.78 is 5.66. The molecule has 4 aromatic rings. The van der Waals surface area contributed by atoms with Crippen LogP contribution in [0.15, 0.2) is 65.3 Å². The number of aliphatic hydroxyl groups excluding tert-OH is 1. The van der Waals surface area contributed by atoms with Crippen LogP contribution in [-0.4, -0.2) is 45.8 Å². The molecular formula is C27H28ClN3O3S. The highest BCUT2D eigenvalue weighted by atomic mass is 35.5. The van der Waals surface area contributed by atoms with Crippen LogP contribution in [0, 0.1) is 13.8 Å². The summed E-state index contributed by atoms with van der Waals surface area (Å²) in [6.45, 7) is 9.27.